The third-order valence-corrected chi connectivity index (χ3v) is 2.71. The number of alkyl halides is 3. The minimum Gasteiger partial charge on any atom is -0.457 e. The molecule has 2 aromatic carbocycles. The van der Waals surface area contributed by atoms with Crippen molar-refractivity contribution >= 4 is 5.69 Å². The lowest BCUT2D eigenvalue weighted by atomic mass is 10.1. The molecule has 0 spiro atoms. The van der Waals surface area contributed by atoms with Gasteiger partial charge in [-0.05, 0) is 36.8 Å². The highest BCUT2D eigenvalue weighted by Gasteiger charge is 2.33. The zero-order chi connectivity index (χ0) is 14.9. The molecule has 2 rings (SSSR count). The van der Waals surface area contributed by atoms with E-state index in [2.05, 4.69) is 0 Å². The summed E-state index contributed by atoms with van der Waals surface area (Å²) in [5, 5.41) is 0. The van der Waals surface area contributed by atoms with Crippen molar-refractivity contribution in [3.05, 3.63) is 53.3 Å². The minimum absolute atomic E-state index is 0.0553. The quantitative estimate of drug-likeness (QED) is 0.650. The average molecular weight is 285 g/mol. The van der Waals surface area contributed by atoms with Gasteiger partial charge in [0.2, 0.25) is 0 Å². The Kier molecular flexibility index (Phi) is 3.57. The van der Waals surface area contributed by atoms with Gasteiger partial charge in [-0.15, -0.1) is 0 Å². The summed E-state index contributed by atoms with van der Waals surface area (Å²) in [7, 11) is 0. The summed E-state index contributed by atoms with van der Waals surface area (Å²) >= 11 is 0. The number of nitrogen functional groups attached to an aromatic ring is 1. The molecule has 0 radical (unpaired) electrons. The van der Waals surface area contributed by atoms with E-state index in [4.69, 9.17) is 10.5 Å². The standard InChI is InChI=1S/C14H11F4NO/c1-8-2-3-9(15)6-13(8)20-10-4-5-12(19)11(7-10)14(16,17)18/h2-7H,19H2,1H3. The van der Waals surface area contributed by atoms with Crippen molar-refractivity contribution in [2.45, 2.75) is 13.1 Å². The van der Waals surface area contributed by atoms with Gasteiger partial charge in [0.15, 0.2) is 0 Å². The second-order valence-electron chi connectivity index (χ2n) is 4.26. The van der Waals surface area contributed by atoms with Crippen LogP contribution in [0.1, 0.15) is 11.1 Å². The Balaban J connectivity index is 2.37. The van der Waals surface area contributed by atoms with Gasteiger partial charge in [-0.2, -0.15) is 13.2 Å². The average Bonchev–Trinajstić information content (AvgIpc) is 2.35. The highest BCUT2D eigenvalue weighted by molar-refractivity contribution is 5.53. The van der Waals surface area contributed by atoms with Crippen molar-refractivity contribution in [2.24, 2.45) is 0 Å². The van der Waals surface area contributed by atoms with Crippen LogP contribution in [-0.2, 0) is 6.18 Å². The molecule has 0 bridgehead atoms. The fourth-order valence-corrected chi connectivity index (χ4v) is 1.66. The van der Waals surface area contributed by atoms with E-state index in [1.54, 1.807) is 6.92 Å². The predicted molar refractivity (Wildman–Crippen MR) is 67.1 cm³/mol. The van der Waals surface area contributed by atoms with Gasteiger partial charge in [0, 0.05) is 11.8 Å². The number of nitrogens with two attached hydrogens (primary N) is 1. The molecule has 0 aliphatic rings. The van der Waals surface area contributed by atoms with E-state index in [0.717, 1.165) is 18.2 Å². The second-order valence-corrected chi connectivity index (χ2v) is 4.26. The topological polar surface area (TPSA) is 35.2 Å². The molecule has 0 atom stereocenters. The lowest BCUT2D eigenvalue weighted by molar-refractivity contribution is -0.137. The van der Waals surface area contributed by atoms with Crippen LogP contribution in [-0.4, -0.2) is 0 Å². The number of ether oxygens (including phenoxy) is 1. The van der Waals surface area contributed by atoms with Crippen LogP contribution in [0.15, 0.2) is 36.4 Å². The van der Waals surface area contributed by atoms with Crippen LogP contribution in [0.4, 0.5) is 23.2 Å². The van der Waals surface area contributed by atoms with E-state index in [9.17, 15) is 17.6 Å². The molecule has 0 amide bonds. The third kappa shape index (κ3) is 3.01. The van der Waals surface area contributed by atoms with Crippen molar-refractivity contribution < 1.29 is 22.3 Å². The van der Waals surface area contributed by atoms with E-state index in [1.807, 2.05) is 0 Å². The molecule has 0 aliphatic carbocycles. The highest BCUT2D eigenvalue weighted by atomic mass is 19.4. The number of halogens is 4. The van der Waals surface area contributed by atoms with Gasteiger partial charge in [0.25, 0.3) is 0 Å². The molecular weight excluding hydrogens is 274 g/mol. The lowest BCUT2D eigenvalue weighted by Crippen LogP contribution is -2.08. The zero-order valence-corrected chi connectivity index (χ0v) is 10.5. The molecule has 0 heterocycles. The van der Waals surface area contributed by atoms with Crippen molar-refractivity contribution in [3.8, 4) is 11.5 Å². The molecule has 0 unspecified atom stereocenters. The summed E-state index contributed by atoms with van der Waals surface area (Å²) in [4.78, 5) is 0. The van der Waals surface area contributed by atoms with E-state index in [-0.39, 0.29) is 17.2 Å². The fourth-order valence-electron chi connectivity index (χ4n) is 1.66. The predicted octanol–water partition coefficient (Wildman–Crippen LogP) is 4.53. The summed E-state index contributed by atoms with van der Waals surface area (Å²) in [5.74, 6) is -0.430. The molecule has 2 nitrogen and oxygen atoms in total. The number of benzene rings is 2. The van der Waals surface area contributed by atoms with Gasteiger partial charge in [-0.25, -0.2) is 4.39 Å². The van der Waals surface area contributed by atoms with E-state index in [0.29, 0.717) is 5.56 Å². The summed E-state index contributed by atoms with van der Waals surface area (Å²) in [6.45, 7) is 1.66. The molecule has 0 fully saturated rings. The molecule has 0 aromatic heterocycles. The van der Waals surface area contributed by atoms with Gasteiger partial charge < -0.3 is 10.5 Å². The SMILES string of the molecule is Cc1ccc(F)cc1Oc1ccc(N)c(C(F)(F)F)c1. The maximum Gasteiger partial charge on any atom is 0.418 e. The number of rotatable bonds is 2. The Hall–Kier alpha value is -2.24. The largest absolute Gasteiger partial charge is 0.457 e. The molecule has 2 N–H and O–H groups in total. The van der Waals surface area contributed by atoms with E-state index < -0.39 is 17.6 Å². The molecule has 0 saturated heterocycles. The van der Waals surface area contributed by atoms with Gasteiger partial charge >= 0.3 is 6.18 Å². The van der Waals surface area contributed by atoms with Crippen molar-refractivity contribution in [3.63, 3.8) is 0 Å². The first-order valence-corrected chi connectivity index (χ1v) is 5.68. The van der Waals surface area contributed by atoms with E-state index >= 15 is 0 Å². The Morgan fingerprint density at radius 2 is 1.75 bits per heavy atom. The van der Waals surface area contributed by atoms with Gasteiger partial charge in [-0.1, -0.05) is 6.07 Å². The molecule has 0 aliphatic heterocycles. The Labute approximate surface area is 112 Å². The molecule has 0 saturated carbocycles. The molecule has 6 heteroatoms. The second kappa shape index (κ2) is 5.03. The lowest BCUT2D eigenvalue weighted by Gasteiger charge is -2.13. The summed E-state index contributed by atoms with van der Waals surface area (Å²) in [6.07, 6.45) is -4.57. The van der Waals surface area contributed by atoms with Crippen LogP contribution in [0.3, 0.4) is 0 Å². The highest BCUT2D eigenvalue weighted by Crippen LogP contribution is 2.37. The van der Waals surface area contributed by atoms with E-state index in [1.165, 1.54) is 18.2 Å². The number of hydrogen-bond donors (Lipinski definition) is 1. The van der Waals surface area contributed by atoms with Crippen LogP contribution in [0.25, 0.3) is 0 Å². The minimum atomic E-state index is -4.57. The van der Waals surface area contributed by atoms with Crippen LogP contribution in [0, 0.1) is 12.7 Å². The maximum absolute atomic E-state index is 13.1. The van der Waals surface area contributed by atoms with Crippen LogP contribution >= 0.6 is 0 Å². The third-order valence-electron chi connectivity index (χ3n) is 2.71. The Morgan fingerprint density at radius 3 is 2.40 bits per heavy atom. The van der Waals surface area contributed by atoms with Gasteiger partial charge in [0.05, 0.1) is 5.56 Å². The normalized spacial score (nSPS) is 11.4. The van der Waals surface area contributed by atoms with Crippen LogP contribution in [0.2, 0.25) is 0 Å². The van der Waals surface area contributed by atoms with Crippen molar-refractivity contribution in [2.75, 3.05) is 5.73 Å². The van der Waals surface area contributed by atoms with Gasteiger partial charge in [0.1, 0.15) is 17.3 Å². The number of aryl methyl sites for hydroxylation is 1. The van der Waals surface area contributed by atoms with Crippen LogP contribution in [0.5, 0.6) is 11.5 Å². The summed E-state index contributed by atoms with van der Waals surface area (Å²) in [5.41, 5.74) is 4.53. The monoisotopic (exact) mass is 285 g/mol. The first-order chi connectivity index (χ1) is 9.27. The fraction of sp³-hybridized carbons (Fsp3) is 0.143. The van der Waals surface area contributed by atoms with Crippen molar-refractivity contribution in [1.82, 2.24) is 0 Å². The van der Waals surface area contributed by atoms with Crippen molar-refractivity contribution in [1.29, 1.82) is 0 Å². The van der Waals surface area contributed by atoms with Gasteiger partial charge in [-0.3, -0.25) is 0 Å². The summed E-state index contributed by atoms with van der Waals surface area (Å²) < 4.78 is 56.5. The summed E-state index contributed by atoms with van der Waals surface area (Å²) in [6, 6.07) is 7.03. The smallest absolute Gasteiger partial charge is 0.418 e. The first-order valence-electron chi connectivity index (χ1n) is 5.68. The number of hydrogen-bond acceptors (Lipinski definition) is 2. The first kappa shape index (κ1) is 14.2. The molecule has 106 valence electrons. The Bertz CT molecular complexity index is 638. The number of anilines is 1. The zero-order valence-electron chi connectivity index (χ0n) is 10.5. The Morgan fingerprint density at radius 1 is 1.05 bits per heavy atom. The molecule has 20 heavy (non-hydrogen) atoms. The molecule has 2 aromatic rings. The molecular formula is C14H11F4NO. The maximum atomic E-state index is 13.1. The van der Waals surface area contributed by atoms with Crippen LogP contribution < -0.4 is 10.5 Å².